The molecule has 1 aromatic rings. The maximum Gasteiger partial charge on any atom is 0.323 e. The molecular weight excluding hydrogens is 364 g/mol. The lowest BCUT2D eigenvalue weighted by atomic mass is 10.3. The van der Waals surface area contributed by atoms with E-state index in [0.29, 0.717) is 15.8 Å². The van der Waals surface area contributed by atoms with E-state index in [1.807, 2.05) is 31.2 Å². The first-order valence-corrected chi connectivity index (χ1v) is 9.27. The molecule has 24 heavy (non-hydrogen) atoms. The largest absolute Gasteiger partial charge is 0.480 e. The van der Waals surface area contributed by atoms with Crippen molar-refractivity contribution < 1.29 is 14.7 Å². The number of nitrogens with zero attached hydrogens (tertiary/aromatic N) is 2. The number of likely N-dealkylation sites (N-methyl/N-ethyl adjacent to an activating group) is 1. The second-order valence-electron chi connectivity index (χ2n) is 5.00. The monoisotopic (exact) mass is 378 g/mol. The summed E-state index contributed by atoms with van der Waals surface area (Å²) in [5.74, 6) is -1.01. The molecule has 0 aromatic heterocycles. The van der Waals surface area contributed by atoms with Crippen LogP contribution in [0.5, 0.6) is 0 Å². The fourth-order valence-corrected chi connectivity index (χ4v) is 4.80. The van der Waals surface area contributed by atoms with Gasteiger partial charge in [-0.3, -0.25) is 14.5 Å². The van der Waals surface area contributed by atoms with Gasteiger partial charge in [0.05, 0.1) is 15.6 Å². The molecule has 0 spiro atoms. The van der Waals surface area contributed by atoms with Gasteiger partial charge in [-0.05, 0) is 31.2 Å². The second-order valence-corrected chi connectivity index (χ2v) is 7.74. The fraction of sp³-hybridized carbons (Fsp3) is 0.188. The molecule has 0 atom stereocenters. The number of thiocarbonyl (C=S) groups is 1. The van der Waals surface area contributed by atoms with E-state index in [-0.39, 0.29) is 12.5 Å². The van der Waals surface area contributed by atoms with Crippen molar-refractivity contribution in [2.24, 2.45) is 0 Å². The van der Waals surface area contributed by atoms with E-state index < -0.39 is 5.97 Å². The Balaban J connectivity index is 1.90. The van der Waals surface area contributed by atoms with Crippen LogP contribution in [0.1, 0.15) is 6.92 Å². The zero-order valence-corrected chi connectivity index (χ0v) is 15.2. The van der Waals surface area contributed by atoms with Gasteiger partial charge >= 0.3 is 5.97 Å². The summed E-state index contributed by atoms with van der Waals surface area (Å²) in [6.07, 6.45) is 3.51. The Bertz CT molecular complexity index is 789. The minimum absolute atomic E-state index is 0.102. The number of hydrogen-bond donors (Lipinski definition) is 1. The standard InChI is InChI=1S/C16H14N2O3S3/c1-2-17-15(21)12(24-16(17)22)7-8-13-18(9-14(19)20)10-5-3-4-6-11(10)23-13/h3-8H,2,9H2,1H3,(H,19,20). The van der Waals surface area contributed by atoms with Gasteiger partial charge in [-0.2, -0.15) is 0 Å². The van der Waals surface area contributed by atoms with E-state index in [4.69, 9.17) is 17.3 Å². The molecule has 1 N–H and O–H groups in total. The molecule has 0 radical (unpaired) electrons. The third-order valence-corrected chi connectivity index (χ3v) is 6.02. The number of allylic oxidation sites excluding steroid dienone is 2. The quantitative estimate of drug-likeness (QED) is 0.637. The highest BCUT2D eigenvalue weighted by Crippen LogP contribution is 2.45. The normalized spacial score (nSPS) is 20.4. The van der Waals surface area contributed by atoms with Crippen LogP contribution in [0.2, 0.25) is 0 Å². The first kappa shape index (κ1) is 17.1. The molecule has 2 heterocycles. The summed E-state index contributed by atoms with van der Waals surface area (Å²) in [6.45, 7) is 2.30. The number of anilines is 1. The van der Waals surface area contributed by atoms with Crippen LogP contribution in [0, 0.1) is 0 Å². The maximum atomic E-state index is 12.2. The van der Waals surface area contributed by atoms with Crippen LogP contribution in [-0.4, -0.2) is 39.3 Å². The summed E-state index contributed by atoms with van der Waals surface area (Å²) in [5, 5.41) is 9.94. The highest BCUT2D eigenvalue weighted by atomic mass is 32.2. The zero-order valence-electron chi connectivity index (χ0n) is 12.8. The van der Waals surface area contributed by atoms with Gasteiger partial charge in [-0.1, -0.05) is 47.9 Å². The average Bonchev–Trinajstić information content (AvgIpc) is 3.02. The van der Waals surface area contributed by atoms with Gasteiger partial charge in [0.25, 0.3) is 5.91 Å². The molecule has 1 saturated heterocycles. The van der Waals surface area contributed by atoms with Gasteiger partial charge in [-0.25, -0.2) is 0 Å². The number of amides is 1. The number of thioether (sulfide) groups is 2. The maximum absolute atomic E-state index is 12.2. The lowest BCUT2D eigenvalue weighted by Crippen LogP contribution is -2.27. The first-order chi connectivity index (χ1) is 11.5. The van der Waals surface area contributed by atoms with Crippen molar-refractivity contribution in [2.45, 2.75) is 11.8 Å². The van der Waals surface area contributed by atoms with Crippen molar-refractivity contribution in [3.63, 3.8) is 0 Å². The van der Waals surface area contributed by atoms with E-state index in [2.05, 4.69) is 0 Å². The molecule has 124 valence electrons. The number of aliphatic carboxylic acids is 1. The predicted molar refractivity (Wildman–Crippen MR) is 101 cm³/mol. The lowest BCUT2D eigenvalue weighted by Gasteiger charge is -2.17. The molecule has 0 unspecified atom stereocenters. The molecule has 2 aliphatic rings. The van der Waals surface area contributed by atoms with E-state index >= 15 is 0 Å². The Kier molecular flexibility index (Phi) is 4.98. The van der Waals surface area contributed by atoms with Crippen LogP contribution in [0.15, 0.2) is 51.2 Å². The van der Waals surface area contributed by atoms with Gasteiger partial charge in [0, 0.05) is 11.4 Å². The number of rotatable bonds is 4. The molecule has 1 aromatic carbocycles. The van der Waals surface area contributed by atoms with Crippen LogP contribution in [0.3, 0.4) is 0 Å². The number of carbonyl (C=O) groups excluding carboxylic acids is 1. The van der Waals surface area contributed by atoms with Crippen LogP contribution < -0.4 is 4.90 Å². The molecule has 3 rings (SSSR count). The Morgan fingerprint density at radius 1 is 1.25 bits per heavy atom. The van der Waals surface area contributed by atoms with Crippen LogP contribution in [-0.2, 0) is 9.59 Å². The SMILES string of the molecule is CCN1C(=O)C(=CC=C2Sc3ccccc3N2CC(=O)O)SC1=S. The summed E-state index contributed by atoms with van der Waals surface area (Å²) in [4.78, 5) is 28.3. The van der Waals surface area contributed by atoms with Crippen molar-refractivity contribution in [1.82, 2.24) is 4.90 Å². The second kappa shape index (κ2) is 7.00. The zero-order chi connectivity index (χ0) is 17.3. The summed E-state index contributed by atoms with van der Waals surface area (Å²) >= 11 is 7.95. The highest BCUT2D eigenvalue weighted by molar-refractivity contribution is 8.26. The third kappa shape index (κ3) is 3.22. The Morgan fingerprint density at radius 3 is 2.67 bits per heavy atom. The number of hydrogen-bond acceptors (Lipinski definition) is 6. The highest BCUT2D eigenvalue weighted by Gasteiger charge is 2.31. The number of carboxylic acid groups (broad SMARTS) is 1. The number of para-hydroxylation sites is 1. The lowest BCUT2D eigenvalue weighted by molar-refractivity contribution is -0.135. The van der Waals surface area contributed by atoms with Crippen LogP contribution in [0.4, 0.5) is 5.69 Å². The van der Waals surface area contributed by atoms with Gasteiger partial charge in [0.1, 0.15) is 10.9 Å². The van der Waals surface area contributed by atoms with Crippen molar-refractivity contribution in [2.75, 3.05) is 18.0 Å². The van der Waals surface area contributed by atoms with E-state index in [0.717, 1.165) is 15.6 Å². The summed E-state index contributed by atoms with van der Waals surface area (Å²) in [6, 6.07) is 7.64. The molecule has 5 nitrogen and oxygen atoms in total. The molecule has 2 aliphatic heterocycles. The predicted octanol–water partition coefficient (Wildman–Crippen LogP) is 3.29. The molecule has 0 aliphatic carbocycles. The third-order valence-electron chi connectivity index (χ3n) is 3.50. The van der Waals surface area contributed by atoms with Crippen LogP contribution >= 0.6 is 35.7 Å². The topological polar surface area (TPSA) is 60.9 Å². The number of fused-ring (bicyclic) bond motifs is 1. The minimum atomic E-state index is -0.907. The van der Waals surface area contributed by atoms with Crippen molar-refractivity contribution in [3.05, 3.63) is 46.4 Å². The smallest absolute Gasteiger partial charge is 0.323 e. The molecular formula is C16H14N2O3S3. The van der Waals surface area contributed by atoms with E-state index in [1.165, 1.54) is 23.5 Å². The van der Waals surface area contributed by atoms with Gasteiger partial charge in [0.2, 0.25) is 0 Å². The number of carboxylic acids is 1. The minimum Gasteiger partial charge on any atom is -0.480 e. The molecule has 0 bridgehead atoms. The van der Waals surface area contributed by atoms with Gasteiger partial charge in [0.15, 0.2) is 0 Å². The Morgan fingerprint density at radius 2 is 2.00 bits per heavy atom. The van der Waals surface area contributed by atoms with Crippen molar-refractivity contribution in [3.8, 4) is 0 Å². The summed E-state index contributed by atoms with van der Waals surface area (Å²) in [5.41, 5.74) is 0.866. The number of carbonyl (C=O) groups is 2. The fourth-order valence-electron chi connectivity index (χ4n) is 2.41. The average molecular weight is 379 g/mol. The molecule has 1 amide bonds. The molecule has 0 saturated carbocycles. The van der Waals surface area contributed by atoms with Crippen LogP contribution in [0.25, 0.3) is 0 Å². The van der Waals surface area contributed by atoms with E-state index in [1.54, 1.807) is 22.0 Å². The Labute approximate surface area is 153 Å². The first-order valence-electron chi connectivity index (χ1n) is 7.23. The summed E-state index contributed by atoms with van der Waals surface area (Å²) < 4.78 is 0.553. The summed E-state index contributed by atoms with van der Waals surface area (Å²) in [7, 11) is 0. The molecule has 1 fully saturated rings. The van der Waals surface area contributed by atoms with Gasteiger partial charge in [-0.15, -0.1) is 0 Å². The van der Waals surface area contributed by atoms with E-state index in [9.17, 15) is 9.59 Å². The van der Waals surface area contributed by atoms with Crippen molar-refractivity contribution >= 4 is 57.6 Å². The molecule has 8 heteroatoms. The Hall–Kier alpha value is -1.77. The van der Waals surface area contributed by atoms with Gasteiger partial charge < -0.3 is 10.0 Å². The van der Waals surface area contributed by atoms with Crippen molar-refractivity contribution in [1.29, 1.82) is 0 Å². The number of benzene rings is 1.